The highest BCUT2D eigenvalue weighted by Crippen LogP contribution is 2.07. The molecule has 1 aromatic carbocycles. The quantitative estimate of drug-likeness (QED) is 0.742. The predicted octanol–water partition coefficient (Wildman–Crippen LogP) is 2.64. The molecule has 3 heteroatoms. The van der Waals surface area contributed by atoms with E-state index in [1.54, 1.807) is 6.92 Å². The Balaban J connectivity index is 2.46. The lowest BCUT2D eigenvalue weighted by Crippen LogP contribution is -2.14. The molecular formula is C10H12ClNO. The molecule has 0 aliphatic rings. The summed E-state index contributed by atoms with van der Waals surface area (Å²) in [6.07, 6.45) is 0.344. The van der Waals surface area contributed by atoms with Crippen LogP contribution in [-0.2, 0) is 4.79 Å². The number of carbonyl (C=O) groups excluding carboxylic acids is 1. The molecule has 0 unspecified atom stereocenters. The number of nitrogens with one attached hydrogen (secondary N) is 1. The lowest BCUT2D eigenvalue weighted by Gasteiger charge is -2.05. The standard InChI is InChI=1S/C10H12ClNO/c1-8(11)7-10(13)12-9-5-3-2-4-6-9/h2-6,8H,7H2,1H3,(H,12,13)/t8-/m0/s1. The minimum atomic E-state index is -0.122. The van der Waals surface area contributed by atoms with Gasteiger partial charge in [-0.25, -0.2) is 0 Å². The van der Waals surface area contributed by atoms with Gasteiger partial charge in [0.05, 0.1) is 0 Å². The van der Waals surface area contributed by atoms with E-state index in [1.165, 1.54) is 0 Å². The molecule has 2 nitrogen and oxygen atoms in total. The summed E-state index contributed by atoms with van der Waals surface area (Å²) in [6, 6.07) is 9.34. The maximum Gasteiger partial charge on any atom is 0.225 e. The first-order valence-corrected chi connectivity index (χ1v) is 4.61. The highest BCUT2D eigenvalue weighted by atomic mass is 35.5. The molecule has 0 saturated heterocycles. The maximum atomic E-state index is 11.2. The van der Waals surface area contributed by atoms with Crippen LogP contribution in [0.5, 0.6) is 0 Å². The van der Waals surface area contributed by atoms with Crippen molar-refractivity contribution in [2.24, 2.45) is 0 Å². The highest BCUT2D eigenvalue weighted by molar-refractivity contribution is 6.21. The van der Waals surface area contributed by atoms with Gasteiger partial charge in [-0.15, -0.1) is 11.6 Å². The van der Waals surface area contributed by atoms with Crippen molar-refractivity contribution in [1.82, 2.24) is 0 Å². The lowest BCUT2D eigenvalue weighted by molar-refractivity contribution is -0.116. The lowest BCUT2D eigenvalue weighted by atomic mass is 10.3. The molecule has 0 radical (unpaired) electrons. The number of hydrogen-bond acceptors (Lipinski definition) is 1. The van der Waals surface area contributed by atoms with E-state index in [1.807, 2.05) is 30.3 Å². The van der Waals surface area contributed by atoms with Crippen molar-refractivity contribution in [2.45, 2.75) is 18.7 Å². The first-order valence-electron chi connectivity index (χ1n) is 4.17. The molecule has 0 aromatic heterocycles. The summed E-state index contributed by atoms with van der Waals surface area (Å²) in [5, 5.41) is 2.63. The molecule has 0 heterocycles. The fraction of sp³-hybridized carbons (Fsp3) is 0.300. The van der Waals surface area contributed by atoms with E-state index in [9.17, 15) is 4.79 Å². The maximum absolute atomic E-state index is 11.2. The number of anilines is 1. The van der Waals surface area contributed by atoms with E-state index in [0.29, 0.717) is 6.42 Å². The third-order valence-corrected chi connectivity index (χ3v) is 1.68. The summed E-state index contributed by atoms with van der Waals surface area (Å²) in [7, 11) is 0. The molecule has 13 heavy (non-hydrogen) atoms. The van der Waals surface area contributed by atoms with Crippen molar-refractivity contribution in [3.8, 4) is 0 Å². The first-order chi connectivity index (χ1) is 6.18. The number of alkyl halides is 1. The van der Waals surface area contributed by atoms with Gasteiger partial charge in [0.2, 0.25) is 5.91 Å². The molecule has 70 valence electrons. The van der Waals surface area contributed by atoms with E-state index < -0.39 is 0 Å². The summed E-state index contributed by atoms with van der Waals surface area (Å²) >= 11 is 5.68. The van der Waals surface area contributed by atoms with Gasteiger partial charge in [-0.3, -0.25) is 4.79 Å². The summed E-state index contributed by atoms with van der Waals surface area (Å²) in [5.41, 5.74) is 0.810. The Morgan fingerprint density at radius 2 is 2.08 bits per heavy atom. The molecule has 0 spiro atoms. The topological polar surface area (TPSA) is 29.1 Å². The molecule has 0 aliphatic carbocycles. The second kappa shape index (κ2) is 4.87. The number of carbonyl (C=O) groups is 1. The van der Waals surface area contributed by atoms with Crippen LogP contribution in [0.1, 0.15) is 13.3 Å². The minimum Gasteiger partial charge on any atom is -0.326 e. The van der Waals surface area contributed by atoms with Crippen LogP contribution in [0.3, 0.4) is 0 Å². The Bertz CT molecular complexity index is 272. The average Bonchev–Trinajstić information content (AvgIpc) is 2.04. The number of amides is 1. The molecule has 0 fully saturated rings. The summed E-state index contributed by atoms with van der Waals surface area (Å²) in [6.45, 7) is 1.80. The van der Waals surface area contributed by atoms with Crippen LogP contribution in [0.25, 0.3) is 0 Å². The van der Waals surface area contributed by atoms with Crippen LogP contribution >= 0.6 is 11.6 Å². The van der Waals surface area contributed by atoms with Crippen molar-refractivity contribution in [2.75, 3.05) is 5.32 Å². The van der Waals surface area contributed by atoms with Crippen LogP contribution < -0.4 is 5.32 Å². The van der Waals surface area contributed by atoms with Crippen molar-refractivity contribution in [1.29, 1.82) is 0 Å². The van der Waals surface area contributed by atoms with Crippen LogP contribution in [0.15, 0.2) is 30.3 Å². The molecule has 0 aliphatic heterocycles. The highest BCUT2D eigenvalue weighted by Gasteiger charge is 2.05. The van der Waals surface area contributed by atoms with Crippen LogP contribution in [0, 0.1) is 0 Å². The molecule has 0 saturated carbocycles. The Morgan fingerprint density at radius 1 is 1.46 bits per heavy atom. The first kappa shape index (κ1) is 10.1. The van der Waals surface area contributed by atoms with Gasteiger partial charge in [0.25, 0.3) is 0 Å². The van der Waals surface area contributed by atoms with Crippen molar-refractivity contribution < 1.29 is 4.79 Å². The Labute approximate surface area is 82.9 Å². The van der Waals surface area contributed by atoms with E-state index >= 15 is 0 Å². The van der Waals surface area contributed by atoms with E-state index in [2.05, 4.69) is 5.32 Å². The fourth-order valence-electron chi connectivity index (χ4n) is 0.989. The van der Waals surface area contributed by atoms with Gasteiger partial charge in [-0.05, 0) is 19.1 Å². The normalized spacial score (nSPS) is 12.2. The number of hydrogen-bond donors (Lipinski definition) is 1. The zero-order valence-corrected chi connectivity index (χ0v) is 8.21. The largest absolute Gasteiger partial charge is 0.326 e. The van der Waals surface area contributed by atoms with Gasteiger partial charge < -0.3 is 5.32 Å². The van der Waals surface area contributed by atoms with Crippen molar-refractivity contribution in [3.05, 3.63) is 30.3 Å². The number of rotatable bonds is 3. The molecule has 1 N–H and O–H groups in total. The summed E-state index contributed by atoms with van der Waals surface area (Å²) in [5.74, 6) is -0.0475. The Kier molecular flexibility index (Phi) is 3.77. The van der Waals surface area contributed by atoms with Crippen LogP contribution in [-0.4, -0.2) is 11.3 Å². The van der Waals surface area contributed by atoms with Gasteiger partial charge in [0.15, 0.2) is 0 Å². The van der Waals surface area contributed by atoms with Crippen LogP contribution in [0.4, 0.5) is 5.69 Å². The number of benzene rings is 1. The van der Waals surface area contributed by atoms with Gasteiger partial charge in [0, 0.05) is 17.5 Å². The third kappa shape index (κ3) is 3.95. The van der Waals surface area contributed by atoms with Gasteiger partial charge in [0.1, 0.15) is 0 Å². The molecule has 1 atom stereocenters. The minimum absolute atomic E-state index is 0.0475. The SMILES string of the molecule is C[C@H](Cl)CC(=O)Nc1ccccc1. The Morgan fingerprint density at radius 3 is 2.62 bits per heavy atom. The zero-order chi connectivity index (χ0) is 9.68. The molecule has 0 bridgehead atoms. The molecular weight excluding hydrogens is 186 g/mol. The van der Waals surface area contributed by atoms with Gasteiger partial charge >= 0.3 is 0 Å². The molecule has 1 aromatic rings. The smallest absolute Gasteiger partial charge is 0.225 e. The van der Waals surface area contributed by atoms with Crippen LogP contribution in [0.2, 0.25) is 0 Å². The predicted molar refractivity (Wildman–Crippen MR) is 55.0 cm³/mol. The second-order valence-corrected chi connectivity index (χ2v) is 3.64. The average molecular weight is 198 g/mol. The Hall–Kier alpha value is -1.02. The monoisotopic (exact) mass is 197 g/mol. The fourth-order valence-corrected chi connectivity index (χ4v) is 1.13. The van der Waals surface area contributed by atoms with Gasteiger partial charge in [-0.1, -0.05) is 18.2 Å². The summed E-state index contributed by atoms with van der Waals surface area (Å²) < 4.78 is 0. The molecule has 1 rings (SSSR count). The van der Waals surface area contributed by atoms with Crippen molar-refractivity contribution >= 4 is 23.2 Å². The zero-order valence-electron chi connectivity index (χ0n) is 7.46. The van der Waals surface area contributed by atoms with Gasteiger partial charge in [-0.2, -0.15) is 0 Å². The van der Waals surface area contributed by atoms with Crippen molar-refractivity contribution in [3.63, 3.8) is 0 Å². The van der Waals surface area contributed by atoms with E-state index in [4.69, 9.17) is 11.6 Å². The molecule has 1 amide bonds. The number of para-hydroxylation sites is 1. The van der Waals surface area contributed by atoms with E-state index in [0.717, 1.165) is 5.69 Å². The summed E-state index contributed by atoms with van der Waals surface area (Å²) in [4.78, 5) is 11.2. The second-order valence-electron chi connectivity index (χ2n) is 2.90. The third-order valence-electron chi connectivity index (χ3n) is 1.52. The number of halogens is 1. The van der Waals surface area contributed by atoms with E-state index in [-0.39, 0.29) is 11.3 Å².